The molecule has 1 unspecified atom stereocenters. The first kappa shape index (κ1) is 12.6. The van der Waals surface area contributed by atoms with Crippen LogP contribution in [0.1, 0.15) is 28.9 Å². The Morgan fingerprint density at radius 1 is 1.50 bits per heavy atom. The van der Waals surface area contributed by atoms with Gasteiger partial charge in [-0.15, -0.1) is 0 Å². The minimum Gasteiger partial charge on any atom is -0.467 e. The molecule has 2 rings (SSSR count). The molecule has 1 atom stereocenters. The molecule has 0 aliphatic carbocycles. The van der Waals surface area contributed by atoms with Crippen LogP contribution in [0.3, 0.4) is 0 Å². The lowest BCUT2D eigenvalue weighted by Crippen LogP contribution is -2.41. The first-order valence-electron chi connectivity index (χ1n) is 5.93. The molecule has 6 heteroatoms. The monoisotopic (exact) mass is 251 g/mol. The number of nitrogens with zero attached hydrogens (tertiary/aromatic N) is 3. The normalized spacial score (nSPS) is 19.1. The van der Waals surface area contributed by atoms with Gasteiger partial charge in [-0.1, -0.05) is 0 Å². The minimum absolute atomic E-state index is 0.145. The van der Waals surface area contributed by atoms with Gasteiger partial charge in [0, 0.05) is 19.3 Å². The molecule has 2 heterocycles. The molecule has 1 aliphatic rings. The summed E-state index contributed by atoms with van der Waals surface area (Å²) in [5.41, 5.74) is 1.35. The van der Waals surface area contributed by atoms with Gasteiger partial charge < -0.3 is 9.64 Å². The molecule has 1 fully saturated rings. The highest BCUT2D eigenvalue weighted by Crippen LogP contribution is 2.22. The Kier molecular flexibility index (Phi) is 3.36. The zero-order valence-electron chi connectivity index (χ0n) is 10.8. The summed E-state index contributed by atoms with van der Waals surface area (Å²) in [5.74, 6) is -0.490. The molecular formula is C12H17N3O3. The Hall–Kier alpha value is -1.85. The van der Waals surface area contributed by atoms with Crippen LogP contribution >= 0.6 is 0 Å². The van der Waals surface area contributed by atoms with Crippen LogP contribution in [0.5, 0.6) is 0 Å². The third kappa shape index (κ3) is 1.98. The molecule has 18 heavy (non-hydrogen) atoms. The van der Waals surface area contributed by atoms with Crippen molar-refractivity contribution in [2.45, 2.75) is 25.8 Å². The molecule has 0 bridgehead atoms. The van der Waals surface area contributed by atoms with Crippen LogP contribution in [0.4, 0.5) is 0 Å². The number of hydrogen-bond acceptors (Lipinski definition) is 4. The molecule has 0 radical (unpaired) electrons. The van der Waals surface area contributed by atoms with Crippen LogP contribution < -0.4 is 0 Å². The smallest absolute Gasteiger partial charge is 0.328 e. The average Bonchev–Trinajstić information content (AvgIpc) is 2.96. The maximum atomic E-state index is 12.4. The average molecular weight is 251 g/mol. The Bertz CT molecular complexity index is 481. The van der Waals surface area contributed by atoms with E-state index in [1.54, 1.807) is 22.8 Å². The fraction of sp³-hybridized carbons (Fsp3) is 0.583. The van der Waals surface area contributed by atoms with E-state index in [1.807, 2.05) is 6.92 Å². The van der Waals surface area contributed by atoms with Crippen LogP contribution in [0.25, 0.3) is 0 Å². The van der Waals surface area contributed by atoms with Gasteiger partial charge in [-0.05, 0) is 19.8 Å². The highest BCUT2D eigenvalue weighted by Gasteiger charge is 2.36. The largest absolute Gasteiger partial charge is 0.467 e. The Labute approximate surface area is 106 Å². The maximum absolute atomic E-state index is 12.4. The second-order valence-electron chi connectivity index (χ2n) is 4.45. The standard InChI is InChI=1S/C12H17N3O3/c1-8-9(7-13-14(8)2)11(16)15-6-4-5-10(15)12(17)18-3/h7,10H,4-6H2,1-3H3. The molecule has 1 saturated heterocycles. The van der Waals surface area contributed by atoms with Crippen LogP contribution in [-0.4, -0.2) is 46.3 Å². The number of carbonyl (C=O) groups is 2. The second-order valence-corrected chi connectivity index (χ2v) is 4.45. The Balaban J connectivity index is 2.23. The molecule has 0 aromatic carbocycles. The van der Waals surface area contributed by atoms with E-state index in [-0.39, 0.29) is 11.9 Å². The zero-order valence-corrected chi connectivity index (χ0v) is 10.8. The molecule has 0 spiro atoms. The summed E-state index contributed by atoms with van der Waals surface area (Å²) in [6, 6.07) is -0.456. The van der Waals surface area contributed by atoms with Crippen LogP contribution in [-0.2, 0) is 16.6 Å². The van der Waals surface area contributed by atoms with Crippen LogP contribution in [0.2, 0.25) is 0 Å². The van der Waals surface area contributed by atoms with E-state index in [1.165, 1.54) is 7.11 Å². The minimum atomic E-state index is -0.456. The lowest BCUT2D eigenvalue weighted by Gasteiger charge is -2.22. The van der Waals surface area contributed by atoms with E-state index >= 15 is 0 Å². The lowest BCUT2D eigenvalue weighted by atomic mass is 10.2. The van der Waals surface area contributed by atoms with Crippen LogP contribution in [0, 0.1) is 6.92 Å². The highest BCUT2D eigenvalue weighted by atomic mass is 16.5. The predicted octanol–water partition coefficient (Wildman–Crippen LogP) is 0.506. The first-order valence-corrected chi connectivity index (χ1v) is 5.93. The van der Waals surface area contributed by atoms with Gasteiger partial charge in [-0.2, -0.15) is 5.10 Å². The number of amides is 1. The Morgan fingerprint density at radius 3 is 2.78 bits per heavy atom. The second kappa shape index (κ2) is 4.80. The molecule has 1 aromatic rings. The third-order valence-corrected chi connectivity index (χ3v) is 3.45. The summed E-state index contributed by atoms with van der Waals surface area (Å²) in [7, 11) is 3.13. The molecule has 1 amide bonds. The summed E-state index contributed by atoms with van der Waals surface area (Å²) in [6.07, 6.45) is 3.03. The van der Waals surface area contributed by atoms with Crippen molar-refractivity contribution in [3.05, 3.63) is 17.5 Å². The molecule has 98 valence electrons. The van der Waals surface area contributed by atoms with E-state index in [0.29, 0.717) is 18.5 Å². The van der Waals surface area contributed by atoms with Gasteiger partial charge in [-0.3, -0.25) is 9.48 Å². The summed E-state index contributed by atoms with van der Waals surface area (Å²) in [5, 5.41) is 4.05. The van der Waals surface area contributed by atoms with Crippen molar-refractivity contribution >= 4 is 11.9 Å². The lowest BCUT2D eigenvalue weighted by molar-refractivity contribution is -0.145. The predicted molar refractivity (Wildman–Crippen MR) is 64.0 cm³/mol. The molecule has 0 N–H and O–H groups in total. The quantitative estimate of drug-likeness (QED) is 0.718. The number of hydrogen-bond donors (Lipinski definition) is 0. The van der Waals surface area contributed by atoms with Crippen LogP contribution in [0.15, 0.2) is 6.20 Å². The first-order chi connectivity index (χ1) is 8.56. The van der Waals surface area contributed by atoms with E-state index in [0.717, 1.165) is 12.1 Å². The fourth-order valence-corrected chi connectivity index (χ4v) is 2.25. The number of aryl methyl sites for hydroxylation is 1. The van der Waals surface area contributed by atoms with Gasteiger partial charge in [0.15, 0.2) is 0 Å². The number of carbonyl (C=O) groups excluding carboxylic acids is 2. The summed E-state index contributed by atoms with van der Waals surface area (Å²) >= 11 is 0. The highest BCUT2D eigenvalue weighted by molar-refractivity contribution is 5.97. The number of likely N-dealkylation sites (tertiary alicyclic amines) is 1. The molecule has 0 saturated carbocycles. The van der Waals surface area contributed by atoms with Crippen molar-refractivity contribution < 1.29 is 14.3 Å². The maximum Gasteiger partial charge on any atom is 0.328 e. The van der Waals surface area contributed by atoms with Crippen molar-refractivity contribution in [2.24, 2.45) is 7.05 Å². The number of rotatable bonds is 2. The number of esters is 1. The topological polar surface area (TPSA) is 64.4 Å². The van der Waals surface area contributed by atoms with Gasteiger partial charge in [0.1, 0.15) is 6.04 Å². The molecular weight excluding hydrogens is 234 g/mol. The summed E-state index contributed by atoms with van der Waals surface area (Å²) in [6.45, 7) is 2.43. The zero-order chi connectivity index (χ0) is 13.3. The van der Waals surface area contributed by atoms with E-state index in [2.05, 4.69) is 5.10 Å². The molecule has 1 aromatic heterocycles. The van der Waals surface area contributed by atoms with Gasteiger partial charge in [-0.25, -0.2) is 4.79 Å². The summed E-state index contributed by atoms with van der Waals surface area (Å²) in [4.78, 5) is 25.6. The van der Waals surface area contributed by atoms with Crippen molar-refractivity contribution in [2.75, 3.05) is 13.7 Å². The van der Waals surface area contributed by atoms with Crippen molar-refractivity contribution in [3.63, 3.8) is 0 Å². The number of aromatic nitrogens is 2. The van der Waals surface area contributed by atoms with Gasteiger partial charge in [0.05, 0.1) is 18.9 Å². The van der Waals surface area contributed by atoms with Crippen molar-refractivity contribution in [1.82, 2.24) is 14.7 Å². The van der Waals surface area contributed by atoms with Gasteiger partial charge in [0.2, 0.25) is 0 Å². The van der Waals surface area contributed by atoms with Gasteiger partial charge >= 0.3 is 5.97 Å². The van der Waals surface area contributed by atoms with E-state index < -0.39 is 6.04 Å². The van der Waals surface area contributed by atoms with Gasteiger partial charge in [0.25, 0.3) is 5.91 Å². The Morgan fingerprint density at radius 2 is 2.22 bits per heavy atom. The summed E-state index contributed by atoms with van der Waals surface area (Å²) < 4.78 is 6.38. The molecule has 6 nitrogen and oxygen atoms in total. The van der Waals surface area contributed by atoms with Crippen molar-refractivity contribution in [1.29, 1.82) is 0 Å². The molecule has 1 aliphatic heterocycles. The van der Waals surface area contributed by atoms with E-state index in [4.69, 9.17) is 4.74 Å². The van der Waals surface area contributed by atoms with E-state index in [9.17, 15) is 9.59 Å². The third-order valence-electron chi connectivity index (χ3n) is 3.45. The fourth-order valence-electron chi connectivity index (χ4n) is 2.25. The number of ether oxygens (including phenoxy) is 1. The van der Waals surface area contributed by atoms with Crippen molar-refractivity contribution in [3.8, 4) is 0 Å². The number of methoxy groups -OCH3 is 1. The SMILES string of the molecule is COC(=O)C1CCCN1C(=O)c1cnn(C)c1C.